The molecule has 1 aromatic carbocycles. The fourth-order valence-corrected chi connectivity index (χ4v) is 1.68. The van der Waals surface area contributed by atoms with E-state index in [1.165, 1.54) is 0 Å². The minimum absolute atomic E-state index is 0.634. The summed E-state index contributed by atoms with van der Waals surface area (Å²) < 4.78 is 1.78. The van der Waals surface area contributed by atoms with Crippen molar-refractivity contribution < 1.29 is 9.59 Å². The Hall–Kier alpha value is -2.36. The van der Waals surface area contributed by atoms with Gasteiger partial charge in [0.1, 0.15) is 0 Å². The van der Waals surface area contributed by atoms with Crippen LogP contribution in [0, 0.1) is 0 Å². The predicted molar refractivity (Wildman–Crippen MR) is 65.9 cm³/mol. The van der Waals surface area contributed by atoms with E-state index in [2.05, 4.69) is 5.32 Å². The van der Waals surface area contributed by atoms with Gasteiger partial charge >= 0.3 is 0 Å². The van der Waals surface area contributed by atoms with Crippen LogP contribution in [0.2, 0.25) is 0 Å². The molecule has 1 aromatic heterocycles. The number of carbonyl (C=O) groups excluding carboxylic acids is 2. The van der Waals surface area contributed by atoms with Crippen molar-refractivity contribution in [1.82, 2.24) is 4.57 Å². The van der Waals surface area contributed by atoms with Crippen LogP contribution in [-0.4, -0.2) is 17.3 Å². The van der Waals surface area contributed by atoms with Crippen molar-refractivity contribution in [1.29, 1.82) is 0 Å². The second kappa shape index (κ2) is 4.65. The quantitative estimate of drug-likeness (QED) is 0.814. The summed E-state index contributed by atoms with van der Waals surface area (Å²) in [6, 6.07) is 9.26. The normalized spacial score (nSPS) is 9.94. The molecule has 2 aromatic rings. The number of aldehydes is 1. The molecule has 17 heavy (non-hydrogen) atoms. The molecule has 1 N–H and O–H groups in total. The van der Waals surface area contributed by atoms with Crippen molar-refractivity contribution in [2.75, 3.05) is 5.32 Å². The maximum Gasteiger partial charge on any atom is 0.211 e. The third kappa shape index (κ3) is 2.25. The van der Waals surface area contributed by atoms with Crippen LogP contribution in [0.25, 0.3) is 11.1 Å². The number of benzene rings is 1. The molecular formula is C13H12N2O2. The van der Waals surface area contributed by atoms with E-state index in [9.17, 15) is 9.59 Å². The van der Waals surface area contributed by atoms with E-state index in [-0.39, 0.29) is 0 Å². The minimum atomic E-state index is 0.634. The maximum atomic E-state index is 10.7. The van der Waals surface area contributed by atoms with Gasteiger partial charge in [-0.25, -0.2) is 0 Å². The van der Waals surface area contributed by atoms with Crippen LogP contribution >= 0.6 is 0 Å². The number of aromatic nitrogens is 1. The highest BCUT2D eigenvalue weighted by Crippen LogP contribution is 2.22. The van der Waals surface area contributed by atoms with Crippen molar-refractivity contribution in [2.24, 2.45) is 7.05 Å². The zero-order valence-corrected chi connectivity index (χ0v) is 9.38. The SMILES string of the molecule is Cn1cc(-c2ccc(NC=O)cc2)cc1C=O. The second-order valence-electron chi connectivity index (χ2n) is 3.72. The van der Waals surface area contributed by atoms with Crippen molar-refractivity contribution in [3.8, 4) is 11.1 Å². The van der Waals surface area contributed by atoms with Gasteiger partial charge in [-0.1, -0.05) is 12.1 Å². The largest absolute Gasteiger partial charge is 0.348 e. The monoisotopic (exact) mass is 228 g/mol. The number of amides is 1. The first kappa shape index (κ1) is 11.1. The molecule has 86 valence electrons. The molecule has 4 heteroatoms. The first-order valence-electron chi connectivity index (χ1n) is 5.17. The molecule has 0 radical (unpaired) electrons. The molecule has 0 aliphatic heterocycles. The average molecular weight is 228 g/mol. The molecule has 0 spiro atoms. The molecule has 0 aliphatic rings. The molecule has 0 saturated carbocycles. The highest BCUT2D eigenvalue weighted by Gasteiger charge is 2.04. The molecule has 0 unspecified atom stereocenters. The van der Waals surface area contributed by atoms with Gasteiger partial charge in [0.15, 0.2) is 6.29 Å². The fraction of sp³-hybridized carbons (Fsp3) is 0.0769. The molecule has 0 aliphatic carbocycles. The summed E-state index contributed by atoms with van der Waals surface area (Å²) in [7, 11) is 1.83. The number of aryl methyl sites for hydroxylation is 1. The Bertz CT molecular complexity index is 541. The van der Waals surface area contributed by atoms with Gasteiger partial charge in [-0.05, 0) is 23.8 Å². The Morgan fingerprint density at radius 2 is 1.82 bits per heavy atom. The number of carbonyl (C=O) groups is 2. The summed E-state index contributed by atoms with van der Waals surface area (Å²) in [5, 5.41) is 2.57. The number of nitrogens with zero attached hydrogens (tertiary/aromatic N) is 1. The second-order valence-corrected chi connectivity index (χ2v) is 3.72. The zero-order chi connectivity index (χ0) is 12.3. The summed E-state index contributed by atoms with van der Waals surface area (Å²) in [4.78, 5) is 21.0. The fourth-order valence-electron chi connectivity index (χ4n) is 1.68. The van der Waals surface area contributed by atoms with Crippen molar-refractivity contribution in [3.63, 3.8) is 0 Å². The highest BCUT2D eigenvalue weighted by atomic mass is 16.1. The Balaban J connectivity index is 2.32. The lowest BCUT2D eigenvalue weighted by Crippen LogP contribution is -1.92. The average Bonchev–Trinajstić information content (AvgIpc) is 2.72. The molecule has 0 fully saturated rings. The molecule has 1 amide bonds. The molecule has 4 nitrogen and oxygen atoms in total. The summed E-state index contributed by atoms with van der Waals surface area (Å²) in [5.74, 6) is 0. The minimum Gasteiger partial charge on any atom is -0.348 e. The van der Waals surface area contributed by atoms with Gasteiger partial charge in [0, 0.05) is 24.5 Å². The lowest BCUT2D eigenvalue weighted by Gasteiger charge is -2.00. The van der Waals surface area contributed by atoms with E-state index in [1.54, 1.807) is 4.57 Å². The summed E-state index contributed by atoms with van der Waals surface area (Å²) in [5.41, 5.74) is 3.36. The number of rotatable bonds is 4. The number of hydrogen-bond acceptors (Lipinski definition) is 2. The van der Waals surface area contributed by atoms with E-state index in [4.69, 9.17) is 0 Å². The van der Waals surface area contributed by atoms with Crippen molar-refractivity contribution in [2.45, 2.75) is 0 Å². The Labute approximate surface area is 98.9 Å². The first-order valence-corrected chi connectivity index (χ1v) is 5.17. The lowest BCUT2D eigenvalue weighted by atomic mass is 10.1. The van der Waals surface area contributed by atoms with Gasteiger partial charge in [-0.2, -0.15) is 0 Å². The standard InChI is InChI=1S/C13H12N2O2/c1-15-7-11(6-13(15)8-16)10-2-4-12(5-3-10)14-9-17/h2-9H,1H3,(H,14,17). The summed E-state index contributed by atoms with van der Waals surface area (Å²) in [6.45, 7) is 0. The van der Waals surface area contributed by atoms with E-state index >= 15 is 0 Å². The van der Waals surface area contributed by atoms with Crippen LogP contribution in [0.3, 0.4) is 0 Å². The molecule has 0 atom stereocenters. The van der Waals surface area contributed by atoms with E-state index in [1.807, 2.05) is 43.6 Å². The third-order valence-corrected chi connectivity index (χ3v) is 2.61. The molecule has 0 saturated heterocycles. The van der Waals surface area contributed by atoms with Gasteiger partial charge in [0.05, 0.1) is 5.69 Å². The molecule has 1 heterocycles. The molecular weight excluding hydrogens is 216 g/mol. The number of hydrogen-bond donors (Lipinski definition) is 1. The van der Waals surface area contributed by atoms with Crippen molar-refractivity contribution in [3.05, 3.63) is 42.2 Å². The third-order valence-electron chi connectivity index (χ3n) is 2.61. The van der Waals surface area contributed by atoms with Gasteiger partial charge in [0.2, 0.25) is 6.41 Å². The first-order chi connectivity index (χ1) is 8.24. The van der Waals surface area contributed by atoms with Crippen LogP contribution < -0.4 is 5.32 Å². The van der Waals surface area contributed by atoms with Gasteiger partial charge < -0.3 is 9.88 Å². The van der Waals surface area contributed by atoms with E-state index in [0.29, 0.717) is 12.1 Å². The van der Waals surface area contributed by atoms with Crippen LogP contribution in [0.5, 0.6) is 0 Å². The number of nitrogens with one attached hydrogen (secondary N) is 1. The van der Waals surface area contributed by atoms with Gasteiger partial charge in [-0.15, -0.1) is 0 Å². The lowest BCUT2D eigenvalue weighted by molar-refractivity contribution is -0.105. The Morgan fingerprint density at radius 3 is 2.35 bits per heavy atom. The van der Waals surface area contributed by atoms with Gasteiger partial charge in [-0.3, -0.25) is 9.59 Å². The summed E-state index contributed by atoms with van der Waals surface area (Å²) >= 11 is 0. The molecule has 0 bridgehead atoms. The predicted octanol–water partition coefficient (Wildman–Crippen LogP) is 2.07. The Kier molecular flexibility index (Phi) is 3.05. The topological polar surface area (TPSA) is 51.1 Å². The van der Waals surface area contributed by atoms with Crippen LogP contribution in [0.4, 0.5) is 5.69 Å². The zero-order valence-electron chi connectivity index (χ0n) is 9.38. The smallest absolute Gasteiger partial charge is 0.211 e. The number of anilines is 1. The highest BCUT2D eigenvalue weighted by molar-refractivity contribution is 5.79. The summed E-state index contributed by atoms with van der Waals surface area (Å²) in [6.07, 6.45) is 3.36. The van der Waals surface area contributed by atoms with Crippen LogP contribution in [0.1, 0.15) is 10.5 Å². The van der Waals surface area contributed by atoms with Crippen LogP contribution in [0.15, 0.2) is 36.5 Å². The van der Waals surface area contributed by atoms with E-state index in [0.717, 1.165) is 23.1 Å². The Morgan fingerprint density at radius 1 is 1.12 bits per heavy atom. The van der Waals surface area contributed by atoms with Crippen molar-refractivity contribution >= 4 is 18.4 Å². The maximum absolute atomic E-state index is 10.7. The van der Waals surface area contributed by atoms with Gasteiger partial charge in [0.25, 0.3) is 0 Å². The van der Waals surface area contributed by atoms with Crippen LogP contribution in [-0.2, 0) is 11.8 Å². The molecule has 2 rings (SSSR count). The van der Waals surface area contributed by atoms with E-state index < -0.39 is 0 Å².